The summed E-state index contributed by atoms with van der Waals surface area (Å²) in [6.45, 7) is 0. The Hall–Kier alpha value is -3.35. The van der Waals surface area contributed by atoms with Crippen molar-refractivity contribution in [3.8, 4) is 0 Å². The number of carbonyl (C=O) groups is 1. The minimum absolute atomic E-state index is 0.0348. The van der Waals surface area contributed by atoms with Crippen molar-refractivity contribution in [3.05, 3.63) is 75.6 Å². The molecule has 2 heterocycles. The Kier molecular flexibility index (Phi) is 3.45. The first kappa shape index (κ1) is 13.6. The topological polar surface area (TPSA) is 94.7 Å². The quantitative estimate of drug-likeness (QED) is 0.375. The number of nitro benzene ring substituents is 1. The molecule has 0 unspecified atom stereocenters. The molecule has 1 aliphatic heterocycles. The molecule has 0 bridgehead atoms. The van der Waals surface area contributed by atoms with Crippen LogP contribution < -0.4 is 0 Å². The van der Waals surface area contributed by atoms with Crippen LogP contribution in [0.2, 0.25) is 0 Å². The Labute approximate surface area is 124 Å². The standard InChI is InChI=1S/C15H9N3O4/c19-15-13(8-10-2-1-7-16-9-10)14(17-22-15)11-3-5-12(6-4-11)18(20)21/h1-9H/b13-8+. The summed E-state index contributed by atoms with van der Waals surface area (Å²) in [5, 5.41) is 14.4. The lowest BCUT2D eigenvalue weighted by Crippen LogP contribution is -2.07. The maximum Gasteiger partial charge on any atom is 0.368 e. The van der Waals surface area contributed by atoms with E-state index in [9.17, 15) is 14.9 Å². The van der Waals surface area contributed by atoms with Gasteiger partial charge in [-0.05, 0) is 29.8 Å². The van der Waals surface area contributed by atoms with Gasteiger partial charge in [0.05, 0.1) is 10.5 Å². The highest BCUT2D eigenvalue weighted by molar-refractivity contribution is 6.31. The van der Waals surface area contributed by atoms with Gasteiger partial charge in [0.1, 0.15) is 5.71 Å². The third-order valence-electron chi connectivity index (χ3n) is 3.04. The summed E-state index contributed by atoms with van der Waals surface area (Å²) >= 11 is 0. The number of pyridine rings is 1. The Morgan fingerprint density at radius 2 is 1.95 bits per heavy atom. The van der Waals surface area contributed by atoms with Gasteiger partial charge >= 0.3 is 5.97 Å². The van der Waals surface area contributed by atoms with Crippen molar-refractivity contribution in [2.24, 2.45) is 5.16 Å². The normalized spacial score (nSPS) is 15.5. The maximum absolute atomic E-state index is 11.8. The molecule has 22 heavy (non-hydrogen) atoms. The van der Waals surface area contributed by atoms with Crippen molar-refractivity contribution < 1.29 is 14.6 Å². The van der Waals surface area contributed by atoms with Gasteiger partial charge in [-0.1, -0.05) is 11.2 Å². The van der Waals surface area contributed by atoms with Crippen LogP contribution in [0.15, 0.2) is 59.5 Å². The highest BCUT2D eigenvalue weighted by Crippen LogP contribution is 2.22. The van der Waals surface area contributed by atoms with E-state index in [2.05, 4.69) is 10.1 Å². The molecule has 108 valence electrons. The summed E-state index contributed by atoms with van der Waals surface area (Å²) in [5.74, 6) is -0.572. The smallest absolute Gasteiger partial charge is 0.312 e. The fourth-order valence-electron chi connectivity index (χ4n) is 1.99. The summed E-state index contributed by atoms with van der Waals surface area (Å²) < 4.78 is 0. The number of nitro groups is 1. The van der Waals surface area contributed by atoms with E-state index in [1.54, 1.807) is 30.6 Å². The summed E-state index contributed by atoms with van der Waals surface area (Å²) in [6, 6.07) is 9.28. The summed E-state index contributed by atoms with van der Waals surface area (Å²) in [7, 11) is 0. The molecular weight excluding hydrogens is 286 g/mol. The van der Waals surface area contributed by atoms with E-state index in [1.807, 2.05) is 0 Å². The van der Waals surface area contributed by atoms with Crippen LogP contribution in [-0.2, 0) is 9.63 Å². The molecule has 3 rings (SSSR count). The fourth-order valence-corrected chi connectivity index (χ4v) is 1.99. The molecule has 1 aromatic heterocycles. The van der Waals surface area contributed by atoms with E-state index in [1.165, 1.54) is 24.3 Å². The molecule has 7 nitrogen and oxygen atoms in total. The monoisotopic (exact) mass is 295 g/mol. The number of hydrogen-bond acceptors (Lipinski definition) is 6. The Bertz CT molecular complexity index is 795. The number of hydrogen-bond donors (Lipinski definition) is 0. The third-order valence-corrected chi connectivity index (χ3v) is 3.04. The molecule has 0 saturated carbocycles. The number of benzene rings is 1. The van der Waals surface area contributed by atoms with E-state index < -0.39 is 10.9 Å². The average Bonchev–Trinajstić information content (AvgIpc) is 2.89. The number of carbonyl (C=O) groups excluding carboxylic acids is 1. The minimum Gasteiger partial charge on any atom is -0.312 e. The predicted octanol–water partition coefficient (Wildman–Crippen LogP) is 2.33. The van der Waals surface area contributed by atoms with Crippen LogP contribution in [-0.4, -0.2) is 21.6 Å². The molecule has 1 aliphatic rings. The number of oxime groups is 1. The zero-order valence-electron chi connectivity index (χ0n) is 11.2. The highest BCUT2D eigenvalue weighted by Gasteiger charge is 2.27. The SMILES string of the molecule is O=C1ON=C(c2ccc([N+](=O)[O-])cc2)/C1=C\c1cccnc1. The Morgan fingerprint density at radius 1 is 1.18 bits per heavy atom. The number of non-ortho nitro benzene ring substituents is 1. The van der Waals surface area contributed by atoms with Crippen molar-refractivity contribution in [2.45, 2.75) is 0 Å². The molecule has 0 spiro atoms. The summed E-state index contributed by atoms with van der Waals surface area (Å²) in [4.78, 5) is 30.7. The Balaban J connectivity index is 1.97. The lowest BCUT2D eigenvalue weighted by atomic mass is 10.0. The van der Waals surface area contributed by atoms with Crippen LogP contribution in [0, 0.1) is 10.1 Å². The largest absolute Gasteiger partial charge is 0.368 e. The van der Waals surface area contributed by atoms with Crippen LogP contribution in [0.5, 0.6) is 0 Å². The van der Waals surface area contributed by atoms with Crippen molar-refractivity contribution >= 4 is 23.4 Å². The molecule has 1 aromatic carbocycles. The third kappa shape index (κ3) is 2.59. The first-order valence-electron chi connectivity index (χ1n) is 6.31. The molecule has 0 N–H and O–H groups in total. The van der Waals surface area contributed by atoms with Gasteiger partial charge in [-0.15, -0.1) is 0 Å². The summed E-state index contributed by atoms with van der Waals surface area (Å²) in [5.41, 5.74) is 1.87. The van der Waals surface area contributed by atoms with Crippen LogP contribution >= 0.6 is 0 Å². The van der Waals surface area contributed by atoms with Crippen LogP contribution in [0.4, 0.5) is 5.69 Å². The van der Waals surface area contributed by atoms with Crippen LogP contribution in [0.25, 0.3) is 6.08 Å². The van der Waals surface area contributed by atoms with E-state index in [-0.39, 0.29) is 11.3 Å². The average molecular weight is 295 g/mol. The molecule has 0 saturated heterocycles. The first-order valence-corrected chi connectivity index (χ1v) is 6.31. The predicted molar refractivity (Wildman–Crippen MR) is 77.9 cm³/mol. The molecule has 2 aromatic rings. The summed E-state index contributed by atoms with van der Waals surface area (Å²) in [6.07, 6.45) is 4.84. The van der Waals surface area contributed by atoms with E-state index in [0.717, 1.165) is 5.56 Å². The van der Waals surface area contributed by atoms with Crippen LogP contribution in [0.1, 0.15) is 11.1 Å². The second-order valence-corrected chi connectivity index (χ2v) is 4.47. The van der Waals surface area contributed by atoms with Crippen molar-refractivity contribution in [2.75, 3.05) is 0 Å². The second-order valence-electron chi connectivity index (χ2n) is 4.47. The lowest BCUT2D eigenvalue weighted by Gasteiger charge is -2.00. The van der Waals surface area contributed by atoms with Crippen molar-refractivity contribution in [1.82, 2.24) is 4.98 Å². The fraction of sp³-hybridized carbons (Fsp3) is 0. The maximum atomic E-state index is 11.8. The van der Waals surface area contributed by atoms with Gasteiger partial charge in [0.15, 0.2) is 0 Å². The number of nitrogens with zero attached hydrogens (tertiary/aromatic N) is 3. The number of aromatic nitrogens is 1. The van der Waals surface area contributed by atoms with Crippen molar-refractivity contribution in [1.29, 1.82) is 0 Å². The van der Waals surface area contributed by atoms with E-state index >= 15 is 0 Å². The number of rotatable bonds is 3. The van der Waals surface area contributed by atoms with Gasteiger partial charge in [0.2, 0.25) is 0 Å². The van der Waals surface area contributed by atoms with E-state index in [0.29, 0.717) is 11.3 Å². The Morgan fingerprint density at radius 3 is 2.59 bits per heavy atom. The second kappa shape index (κ2) is 5.57. The lowest BCUT2D eigenvalue weighted by molar-refractivity contribution is -0.384. The van der Waals surface area contributed by atoms with Crippen molar-refractivity contribution in [3.63, 3.8) is 0 Å². The molecule has 0 atom stereocenters. The highest BCUT2D eigenvalue weighted by atomic mass is 16.7. The molecule has 7 heteroatoms. The molecule has 0 aliphatic carbocycles. The molecule has 0 radical (unpaired) electrons. The molecule has 0 fully saturated rings. The van der Waals surface area contributed by atoms with Gasteiger partial charge < -0.3 is 4.84 Å². The van der Waals surface area contributed by atoms with Gasteiger partial charge in [-0.25, -0.2) is 4.79 Å². The van der Waals surface area contributed by atoms with Gasteiger partial charge in [0, 0.05) is 30.1 Å². The first-order chi connectivity index (χ1) is 10.6. The zero-order chi connectivity index (χ0) is 15.5. The van der Waals surface area contributed by atoms with Gasteiger partial charge in [-0.2, -0.15) is 0 Å². The van der Waals surface area contributed by atoms with Gasteiger partial charge in [-0.3, -0.25) is 15.1 Å². The molecular formula is C15H9N3O4. The zero-order valence-corrected chi connectivity index (χ0v) is 11.2. The van der Waals surface area contributed by atoms with E-state index in [4.69, 9.17) is 4.84 Å². The minimum atomic E-state index is -0.572. The molecule has 0 amide bonds. The van der Waals surface area contributed by atoms with Crippen LogP contribution in [0.3, 0.4) is 0 Å². The van der Waals surface area contributed by atoms with Gasteiger partial charge in [0.25, 0.3) is 5.69 Å².